The van der Waals surface area contributed by atoms with Crippen molar-refractivity contribution in [3.8, 4) is 17.2 Å². The zero-order valence-electron chi connectivity index (χ0n) is 7.35. The van der Waals surface area contributed by atoms with Crippen molar-refractivity contribution in [3.63, 3.8) is 0 Å². The molecule has 6 nitrogen and oxygen atoms in total. The van der Waals surface area contributed by atoms with Gasteiger partial charge in [-0.3, -0.25) is 10.1 Å². The van der Waals surface area contributed by atoms with Crippen LogP contribution >= 0.6 is 0 Å². The molecule has 6 heteroatoms. The first-order valence-electron chi connectivity index (χ1n) is 3.84. The van der Waals surface area contributed by atoms with Crippen molar-refractivity contribution in [2.75, 3.05) is 13.9 Å². The second-order valence-corrected chi connectivity index (χ2v) is 2.64. The third-order valence-corrected chi connectivity index (χ3v) is 1.85. The fourth-order valence-electron chi connectivity index (χ4n) is 1.22. The Bertz CT molecular complexity index is 390. The molecule has 14 heavy (non-hydrogen) atoms. The van der Waals surface area contributed by atoms with Gasteiger partial charge >= 0.3 is 0 Å². The van der Waals surface area contributed by atoms with Crippen LogP contribution in [-0.2, 0) is 0 Å². The van der Waals surface area contributed by atoms with Gasteiger partial charge in [0.2, 0.25) is 12.5 Å². The predicted molar refractivity (Wildman–Crippen MR) is 45.8 cm³/mol. The Morgan fingerprint density at radius 2 is 2.29 bits per heavy atom. The van der Waals surface area contributed by atoms with Crippen LogP contribution in [0.3, 0.4) is 0 Å². The lowest BCUT2D eigenvalue weighted by Crippen LogP contribution is -1.93. The molecule has 0 radical (unpaired) electrons. The van der Waals surface area contributed by atoms with Crippen LogP contribution in [-0.4, -0.2) is 18.8 Å². The van der Waals surface area contributed by atoms with Crippen LogP contribution < -0.4 is 14.2 Å². The minimum Gasteiger partial charge on any atom is -0.492 e. The molecular weight excluding hydrogens is 190 g/mol. The Hall–Kier alpha value is -1.98. The molecule has 0 aromatic heterocycles. The minimum absolute atomic E-state index is 0.0624. The highest BCUT2D eigenvalue weighted by atomic mass is 16.7. The van der Waals surface area contributed by atoms with Gasteiger partial charge in [0.25, 0.3) is 5.69 Å². The summed E-state index contributed by atoms with van der Waals surface area (Å²) >= 11 is 0. The summed E-state index contributed by atoms with van der Waals surface area (Å²) in [6.45, 7) is 0.0624. The van der Waals surface area contributed by atoms with Crippen molar-refractivity contribution in [2.24, 2.45) is 0 Å². The first-order chi connectivity index (χ1) is 6.72. The van der Waals surface area contributed by atoms with Crippen LogP contribution in [0.2, 0.25) is 0 Å². The number of fused-ring (bicyclic) bond motifs is 1. The summed E-state index contributed by atoms with van der Waals surface area (Å²) in [5, 5.41) is 10.5. The number of hydrogen-bond donors (Lipinski definition) is 0. The molecule has 0 aliphatic carbocycles. The van der Waals surface area contributed by atoms with Crippen molar-refractivity contribution in [1.82, 2.24) is 0 Å². The Balaban J connectivity index is 2.54. The van der Waals surface area contributed by atoms with E-state index in [1.54, 1.807) is 0 Å². The molecule has 0 amide bonds. The molecule has 1 aliphatic rings. The van der Waals surface area contributed by atoms with E-state index in [2.05, 4.69) is 0 Å². The summed E-state index contributed by atoms with van der Waals surface area (Å²) in [6, 6.07) is 2.61. The number of rotatable bonds is 2. The highest BCUT2D eigenvalue weighted by Gasteiger charge is 2.23. The number of nitro benzene ring substituents is 1. The molecule has 0 unspecified atom stereocenters. The number of ether oxygens (including phenoxy) is 3. The quantitative estimate of drug-likeness (QED) is 0.528. The van der Waals surface area contributed by atoms with Gasteiger partial charge in [-0.25, -0.2) is 0 Å². The van der Waals surface area contributed by atoms with Gasteiger partial charge in [0.05, 0.1) is 24.2 Å². The second-order valence-electron chi connectivity index (χ2n) is 2.64. The summed E-state index contributed by atoms with van der Waals surface area (Å²) in [7, 11) is 1.42. The van der Waals surface area contributed by atoms with E-state index < -0.39 is 4.92 Å². The van der Waals surface area contributed by atoms with E-state index in [0.29, 0.717) is 17.2 Å². The maximum absolute atomic E-state index is 10.5. The van der Waals surface area contributed by atoms with E-state index in [9.17, 15) is 10.1 Å². The lowest BCUT2D eigenvalue weighted by molar-refractivity contribution is -0.385. The van der Waals surface area contributed by atoms with Gasteiger partial charge in [0.1, 0.15) is 0 Å². The molecule has 0 saturated heterocycles. The van der Waals surface area contributed by atoms with Crippen LogP contribution in [0.25, 0.3) is 0 Å². The standard InChI is InChI=1S/C8H7NO5/c1-12-6-2-5(9(10)11)3-7-8(6)14-4-13-7/h2-3H,4H2,1H3. The molecule has 1 heterocycles. The number of non-ortho nitro benzene ring substituents is 1. The van der Waals surface area contributed by atoms with E-state index in [1.165, 1.54) is 19.2 Å². The van der Waals surface area contributed by atoms with Gasteiger partial charge in [-0.2, -0.15) is 0 Å². The third kappa shape index (κ3) is 1.20. The Morgan fingerprint density at radius 3 is 2.93 bits per heavy atom. The number of methoxy groups -OCH3 is 1. The summed E-state index contributed by atoms with van der Waals surface area (Å²) in [4.78, 5) is 10.0. The fourth-order valence-corrected chi connectivity index (χ4v) is 1.22. The molecular formula is C8H7NO5. The summed E-state index contributed by atoms with van der Waals surface area (Å²) < 4.78 is 15.0. The SMILES string of the molecule is COc1cc([N+](=O)[O-])cc2c1OCO2. The molecule has 0 N–H and O–H groups in total. The lowest BCUT2D eigenvalue weighted by Gasteiger charge is -2.03. The molecule has 0 atom stereocenters. The summed E-state index contributed by atoms with van der Waals surface area (Å²) in [5.41, 5.74) is -0.0777. The van der Waals surface area contributed by atoms with Crippen molar-refractivity contribution < 1.29 is 19.1 Å². The summed E-state index contributed by atoms with van der Waals surface area (Å²) in [6.07, 6.45) is 0. The van der Waals surface area contributed by atoms with Crippen molar-refractivity contribution in [3.05, 3.63) is 22.2 Å². The van der Waals surface area contributed by atoms with E-state index >= 15 is 0 Å². The van der Waals surface area contributed by atoms with Crippen LogP contribution in [0.4, 0.5) is 5.69 Å². The molecule has 74 valence electrons. The highest BCUT2D eigenvalue weighted by Crippen LogP contribution is 2.43. The molecule has 1 aliphatic heterocycles. The van der Waals surface area contributed by atoms with Gasteiger partial charge in [-0.15, -0.1) is 0 Å². The largest absolute Gasteiger partial charge is 0.492 e. The van der Waals surface area contributed by atoms with Gasteiger partial charge < -0.3 is 14.2 Å². The molecule has 0 saturated carbocycles. The Labute approximate surface area is 79.1 Å². The van der Waals surface area contributed by atoms with Crippen molar-refractivity contribution >= 4 is 5.69 Å². The number of benzene rings is 1. The van der Waals surface area contributed by atoms with E-state index in [0.717, 1.165) is 0 Å². The second kappa shape index (κ2) is 3.06. The van der Waals surface area contributed by atoms with Gasteiger partial charge in [-0.05, 0) is 0 Å². The molecule has 1 aromatic carbocycles. The first kappa shape index (κ1) is 8.61. The van der Waals surface area contributed by atoms with Gasteiger partial charge in [-0.1, -0.05) is 0 Å². The van der Waals surface area contributed by atoms with E-state index in [4.69, 9.17) is 14.2 Å². The fraction of sp³-hybridized carbons (Fsp3) is 0.250. The van der Waals surface area contributed by atoms with Gasteiger partial charge in [0, 0.05) is 0 Å². The monoisotopic (exact) mass is 197 g/mol. The van der Waals surface area contributed by atoms with Crippen molar-refractivity contribution in [2.45, 2.75) is 0 Å². The van der Waals surface area contributed by atoms with Crippen molar-refractivity contribution in [1.29, 1.82) is 0 Å². The topological polar surface area (TPSA) is 70.8 Å². The zero-order valence-corrected chi connectivity index (χ0v) is 7.35. The van der Waals surface area contributed by atoms with Crippen LogP contribution in [0, 0.1) is 10.1 Å². The van der Waals surface area contributed by atoms with Crippen LogP contribution in [0.1, 0.15) is 0 Å². The maximum atomic E-state index is 10.5. The lowest BCUT2D eigenvalue weighted by atomic mass is 10.2. The summed E-state index contributed by atoms with van der Waals surface area (Å²) in [5.74, 6) is 1.07. The zero-order chi connectivity index (χ0) is 10.1. The van der Waals surface area contributed by atoms with E-state index in [-0.39, 0.29) is 12.5 Å². The molecule has 0 bridgehead atoms. The normalized spacial score (nSPS) is 12.6. The smallest absolute Gasteiger partial charge is 0.277 e. The molecule has 1 aromatic rings. The van der Waals surface area contributed by atoms with Crippen LogP contribution in [0.5, 0.6) is 17.2 Å². The molecule has 0 spiro atoms. The van der Waals surface area contributed by atoms with E-state index in [1.807, 2.05) is 0 Å². The average molecular weight is 197 g/mol. The number of nitrogens with zero attached hydrogens (tertiary/aromatic N) is 1. The third-order valence-electron chi connectivity index (χ3n) is 1.85. The Kier molecular flexibility index (Phi) is 1.88. The van der Waals surface area contributed by atoms with Crippen LogP contribution in [0.15, 0.2) is 12.1 Å². The minimum atomic E-state index is -0.509. The molecule has 0 fully saturated rings. The molecule has 2 rings (SSSR count). The maximum Gasteiger partial charge on any atom is 0.277 e. The first-order valence-corrected chi connectivity index (χ1v) is 3.84. The number of nitro groups is 1. The van der Waals surface area contributed by atoms with Gasteiger partial charge in [0.15, 0.2) is 11.5 Å². The predicted octanol–water partition coefficient (Wildman–Crippen LogP) is 1.33. The number of hydrogen-bond acceptors (Lipinski definition) is 5. The Morgan fingerprint density at radius 1 is 1.50 bits per heavy atom. The average Bonchev–Trinajstić information content (AvgIpc) is 2.63. The highest BCUT2D eigenvalue weighted by molar-refractivity contribution is 5.59.